The average molecular weight is 207 g/mol. The number of nitrogens with one attached hydrogen (secondary N) is 1. The van der Waals surface area contributed by atoms with Gasteiger partial charge in [-0.05, 0) is 19.3 Å². The molecule has 0 fully saturated rings. The van der Waals surface area contributed by atoms with E-state index in [2.05, 4.69) is 18.6 Å². The second kappa shape index (κ2) is 5.60. The van der Waals surface area contributed by atoms with Crippen molar-refractivity contribution in [2.24, 2.45) is 5.92 Å². The van der Waals surface area contributed by atoms with Gasteiger partial charge in [-0.2, -0.15) is 0 Å². The van der Waals surface area contributed by atoms with Gasteiger partial charge in [0.2, 0.25) is 10.0 Å². The van der Waals surface area contributed by atoms with E-state index in [4.69, 9.17) is 0 Å². The normalized spacial score (nSPS) is 16.9. The summed E-state index contributed by atoms with van der Waals surface area (Å²) in [4.78, 5) is 0. The van der Waals surface area contributed by atoms with Crippen LogP contribution in [0.3, 0.4) is 0 Å². The second-order valence-corrected chi connectivity index (χ2v) is 5.48. The third-order valence-corrected chi connectivity index (χ3v) is 4.01. The van der Waals surface area contributed by atoms with Crippen LogP contribution in [0.5, 0.6) is 0 Å². The van der Waals surface area contributed by atoms with Crippen LogP contribution in [0, 0.1) is 5.92 Å². The summed E-state index contributed by atoms with van der Waals surface area (Å²) in [5, 5.41) is 0. The van der Waals surface area contributed by atoms with E-state index in [1.54, 1.807) is 0 Å². The molecule has 0 aromatic heterocycles. The Morgan fingerprint density at radius 3 is 2.15 bits per heavy atom. The molecule has 0 spiro atoms. The summed E-state index contributed by atoms with van der Waals surface area (Å²) in [5.74, 6) is 0.625. The van der Waals surface area contributed by atoms with Gasteiger partial charge in [-0.15, -0.1) is 0 Å². The van der Waals surface area contributed by atoms with Crippen molar-refractivity contribution >= 4 is 10.0 Å². The Labute approximate surface area is 82.0 Å². The first-order valence-corrected chi connectivity index (χ1v) is 6.58. The van der Waals surface area contributed by atoms with Crippen molar-refractivity contribution < 1.29 is 8.42 Å². The molecule has 4 heteroatoms. The third kappa shape index (κ3) is 5.26. The van der Waals surface area contributed by atoms with Crippen molar-refractivity contribution in [1.82, 2.24) is 4.72 Å². The first-order chi connectivity index (χ1) is 5.93. The Morgan fingerprint density at radius 1 is 1.23 bits per heavy atom. The largest absolute Gasteiger partial charge is 0.212 e. The zero-order valence-corrected chi connectivity index (χ0v) is 9.82. The van der Waals surface area contributed by atoms with Crippen LogP contribution in [0.15, 0.2) is 0 Å². The molecule has 0 amide bonds. The molecule has 1 N–H and O–H groups in total. The molecule has 0 aliphatic carbocycles. The standard InChI is InChI=1S/C9H21NO2S/c1-5-7-13(11,12)10-9(4)8(3)6-2/h8-10H,5-7H2,1-4H3. The van der Waals surface area contributed by atoms with Crippen LogP contribution in [0.4, 0.5) is 0 Å². The van der Waals surface area contributed by atoms with Crippen molar-refractivity contribution in [3.63, 3.8) is 0 Å². The molecule has 0 saturated heterocycles. The van der Waals surface area contributed by atoms with Crippen LogP contribution in [-0.2, 0) is 10.0 Å². The summed E-state index contributed by atoms with van der Waals surface area (Å²) in [6.07, 6.45) is 1.67. The molecule has 80 valence electrons. The molecule has 0 heterocycles. The molecule has 2 atom stereocenters. The molecule has 0 aliphatic heterocycles. The van der Waals surface area contributed by atoms with E-state index in [0.29, 0.717) is 12.3 Å². The Balaban J connectivity index is 4.11. The predicted molar refractivity (Wildman–Crippen MR) is 56.1 cm³/mol. The summed E-state index contributed by atoms with van der Waals surface area (Å²) < 4.78 is 25.4. The number of sulfonamides is 1. The third-order valence-electron chi connectivity index (χ3n) is 2.34. The molecule has 0 aliphatic rings. The lowest BCUT2D eigenvalue weighted by atomic mass is 10.0. The highest BCUT2D eigenvalue weighted by Gasteiger charge is 2.16. The van der Waals surface area contributed by atoms with Gasteiger partial charge in [-0.3, -0.25) is 0 Å². The number of hydrogen-bond acceptors (Lipinski definition) is 2. The van der Waals surface area contributed by atoms with E-state index >= 15 is 0 Å². The van der Waals surface area contributed by atoms with Gasteiger partial charge in [0, 0.05) is 6.04 Å². The van der Waals surface area contributed by atoms with Gasteiger partial charge in [0.05, 0.1) is 5.75 Å². The first kappa shape index (κ1) is 12.9. The first-order valence-electron chi connectivity index (χ1n) is 4.93. The van der Waals surface area contributed by atoms with Crippen LogP contribution in [-0.4, -0.2) is 20.2 Å². The number of rotatable bonds is 6. The minimum absolute atomic E-state index is 0.0431. The average Bonchev–Trinajstić information content (AvgIpc) is 2.01. The van der Waals surface area contributed by atoms with Crippen LogP contribution >= 0.6 is 0 Å². The topological polar surface area (TPSA) is 46.2 Å². The van der Waals surface area contributed by atoms with Gasteiger partial charge in [0.15, 0.2) is 0 Å². The van der Waals surface area contributed by atoms with Gasteiger partial charge >= 0.3 is 0 Å². The molecule has 0 rings (SSSR count). The van der Waals surface area contributed by atoms with Crippen LogP contribution in [0.1, 0.15) is 40.5 Å². The molecule has 0 aromatic rings. The lowest BCUT2D eigenvalue weighted by Gasteiger charge is -2.19. The fraction of sp³-hybridized carbons (Fsp3) is 1.00. The summed E-state index contributed by atoms with van der Waals surface area (Å²) in [6.45, 7) is 7.91. The van der Waals surface area contributed by atoms with Crippen molar-refractivity contribution in [1.29, 1.82) is 0 Å². The van der Waals surface area contributed by atoms with Crippen molar-refractivity contribution in [2.75, 3.05) is 5.75 Å². The summed E-state index contributed by atoms with van der Waals surface area (Å²) in [7, 11) is -3.04. The van der Waals surface area contributed by atoms with Gasteiger partial charge in [-0.1, -0.05) is 27.2 Å². The molecule has 0 bridgehead atoms. The van der Waals surface area contributed by atoms with Crippen molar-refractivity contribution in [2.45, 2.75) is 46.6 Å². The summed E-state index contributed by atoms with van der Waals surface area (Å²) in [6, 6.07) is 0.0431. The van der Waals surface area contributed by atoms with E-state index in [9.17, 15) is 8.42 Å². The van der Waals surface area contributed by atoms with E-state index in [0.717, 1.165) is 6.42 Å². The maximum Gasteiger partial charge on any atom is 0.211 e. The lowest BCUT2D eigenvalue weighted by molar-refractivity contribution is 0.434. The molecule has 3 nitrogen and oxygen atoms in total. The maximum atomic E-state index is 11.4. The maximum absolute atomic E-state index is 11.4. The zero-order chi connectivity index (χ0) is 10.5. The Morgan fingerprint density at radius 2 is 1.77 bits per heavy atom. The van der Waals surface area contributed by atoms with Crippen molar-refractivity contribution in [3.05, 3.63) is 0 Å². The predicted octanol–water partition coefficient (Wildman–Crippen LogP) is 1.75. The molecule has 0 radical (unpaired) electrons. The minimum Gasteiger partial charge on any atom is -0.212 e. The molecule has 0 saturated carbocycles. The van der Waals surface area contributed by atoms with Gasteiger partial charge in [0.25, 0.3) is 0 Å². The number of hydrogen-bond donors (Lipinski definition) is 1. The van der Waals surface area contributed by atoms with Gasteiger partial charge in [-0.25, -0.2) is 13.1 Å². The zero-order valence-electron chi connectivity index (χ0n) is 9.00. The fourth-order valence-electron chi connectivity index (χ4n) is 1.08. The van der Waals surface area contributed by atoms with Crippen LogP contribution < -0.4 is 4.72 Å². The molecular formula is C9H21NO2S. The van der Waals surface area contributed by atoms with E-state index < -0.39 is 10.0 Å². The Kier molecular flexibility index (Phi) is 5.56. The second-order valence-electron chi connectivity index (χ2n) is 3.61. The molecular weight excluding hydrogens is 186 g/mol. The highest BCUT2D eigenvalue weighted by Crippen LogP contribution is 2.07. The minimum atomic E-state index is -3.04. The van der Waals surface area contributed by atoms with Crippen LogP contribution in [0.25, 0.3) is 0 Å². The SMILES string of the molecule is CCCS(=O)(=O)NC(C)C(C)CC. The smallest absolute Gasteiger partial charge is 0.211 e. The quantitative estimate of drug-likeness (QED) is 0.721. The highest BCUT2D eigenvalue weighted by atomic mass is 32.2. The van der Waals surface area contributed by atoms with E-state index in [-0.39, 0.29) is 11.8 Å². The molecule has 13 heavy (non-hydrogen) atoms. The highest BCUT2D eigenvalue weighted by molar-refractivity contribution is 7.89. The lowest BCUT2D eigenvalue weighted by Crippen LogP contribution is -2.38. The van der Waals surface area contributed by atoms with E-state index in [1.807, 2.05) is 13.8 Å². The molecule has 0 aromatic carbocycles. The van der Waals surface area contributed by atoms with Gasteiger partial charge < -0.3 is 0 Å². The summed E-state index contributed by atoms with van der Waals surface area (Å²) >= 11 is 0. The Bertz CT molecular complexity index is 224. The monoisotopic (exact) mass is 207 g/mol. The fourth-order valence-corrected chi connectivity index (χ4v) is 2.53. The van der Waals surface area contributed by atoms with E-state index in [1.165, 1.54) is 0 Å². The van der Waals surface area contributed by atoms with Gasteiger partial charge in [0.1, 0.15) is 0 Å². The summed E-state index contributed by atoms with van der Waals surface area (Å²) in [5.41, 5.74) is 0. The molecule has 2 unspecified atom stereocenters. The van der Waals surface area contributed by atoms with Crippen molar-refractivity contribution in [3.8, 4) is 0 Å². The van der Waals surface area contributed by atoms with Crippen LogP contribution in [0.2, 0.25) is 0 Å². The Hall–Kier alpha value is -0.0900.